The molecule has 2 rings (SSSR count). The van der Waals surface area contributed by atoms with Crippen LogP contribution in [0.4, 0.5) is 0 Å². The van der Waals surface area contributed by atoms with Crippen LogP contribution in [0.5, 0.6) is 17.2 Å². The lowest BCUT2D eigenvalue weighted by molar-refractivity contribution is 0.0740. The highest BCUT2D eigenvalue weighted by molar-refractivity contribution is 5.96. The van der Waals surface area contributed by atoms with Crippen LogP contribution in [0.15, 0.2) is 12.1 Å². The zero-order valence-corrected chi connectivity index (χ0v) is 12.7. The van der Waals surface area contributed by atoms with E-state index < -0.39 is 0 Å². The van der Waals surface area contributed by atoms with E-state index in [1.54, 1.807) is 12.1 Å². The molecule has 6 nitrogen and oxygen atoms in total. The van der Waals surface area contributed by atoms with Crippen molar-refractivity contribution < 1.29 is 19.0 Å². The Hall–Kier alpha value is -1.95. The Kier molecular flexibility index (Phi) is 4.90. The highest BCUT2D eigenvalue weighted by Gasteiger charge is 2.29. The lowest BCUT2D eigenvalue weighted by atomic mass is 10.1. The highest BCUT2D eigenvalue weighted by atomic mass is 16.5. The maximum atomic E-state index is 12.7. The average Bonchev–Trinajstić information content (AvgIpc) is 3.01. The monoisotopic (exact) mass is 294 g/mol. The Morgan fingerprint density at radius 3 is 2.33 bits per heavy atom. The Morgan fingerprint density at radius 2 is 1.86 bits per heavy atom. The molecule has 0 radical (unpaired) electrons. The van der Waals surface area contributed by atoms with Gasteiger partial charge in [0.2, 0.25) is 5.75 Å². The van der Waals surface area contributed by atoms with Crippen LogP contribution in [-0.4, -0.2) is 51.3 Å². The van der Waals surface area contributed by atoms with Crippen LogP contribution in [0.2, 0.25) is 0 Å². The second-order valence-electron chi connectivity index (χ2n) is 4.94. The van der Waals surface area contributed by atoms with Gasteiger partial charge in [-0.25, -0.2) is 0 Å². The normalized spacial score (nSPS) is 17.7. The van der Waals surface area contributed by atoms with Crippen molar-refractivity contribution in [2.45, 2.75) is 18.9 Å². The number of hydrogen-bond donors (Lipinski definition) is 1. The molecule has 1 aliphatic heterocycles. The molecule has 1 aromatic carbocycles. The van der Waals surface area contributed by atoms with Crippen LogP contribution in [0.3, 0.4) is 0 Å². The predicted molar refractivity (Wildman–Crippen MR) is 79.2 cm³/mol. The van der Waals surface area contributed by atoms with Gasteiger partial charge in [0.25, 0.3) is 5.91 Å². The predicted octanol–water partition coefficient (Wildman–Crippen LogP) is 1.28. The number of likely N-dealkylation sites (tertiary alicyclic amines) is 1. The van der Waals surface area contributed by atoms with Crippen LogP contribution in [0.1, 0.15) is 23.2 Å². The number of nitrogens with zero attached hydrogens (tertiary/aromatic N) is 1. The van der Waals surface area contributed by atoms with E-state index in [1.807, 2.05) is 4.90 Å². The van der Waals surface area contributed by atoms with E-state index in [9.17, 15) is 4.79 Å². The third-order valence-electron chi connectivity index (χ3n) is 3.82. The second-order valence-corrected chi connectivity index (χ2v) is 4.94. The maximum Gasteiger partial charge on any atom is 0.254 e. The van der Waals surface area contributed by atoms with Gasteiger partial charge < -0.3 is 24.8 Å². The van der Waals surface area contributed by atoms with Crippen molar-refractivity contribution in [3.8, 4) is 17.2 Å². The third kappa shape index (κ3) is 2.90. The number of nitrogens with two attached hydrogens (primary N) is 1. The Balaban J connectivity index is 2.37. The molecular weight excluding hydrogens is 272 g/mol. The quantitative estimate of drug-likeness (QED) is 0.885. The minimum atomic E-state index is -0.0535. The largest absolute Gasteiger partial charge is 0.493 e. The topological polar surface area (TPSA) is 74.0 Å². The van der Waals surface area contributed by atoms with E-state index >= 15 is 0 Å². The van der Waals surface area contributed by atoms with Gasteiger partial charge in [-0.05, 0) is 25.0 Å². The molecule has 1 aliphatic rings. The second kappa shape index (κ2) is 6.67. The molecule has 0 aliphatic carbocycles. The van der Waals surface area contributed by atoms with E-state index in [0.717, 1.165) is 19.4 Å². The summed E-state index contributed by atoms with van der Waals surface area (Å²) in [4.78, 5) is 14.5. The summed E-state index contributed by atoms with van der Waals surface area (Å²) in [5.41, 5.74) is 6.25. The summed E-state index contributed by atoms with van der Waals surface area (Å²) in [5, 5.41) is 0. The van der Waals surface area contributed by atoms with Crippen molar-refractivity contribution in [2.24, 2.45) is 5.73 Å². The number of amides is 1. The van der Waals surface area contributed by atoms with Gasteiger partial charge in [-0.3, -0.25) is 4.79 Å². The highest BCUT2D eigenvalue weighted by Crippen LogP contribution is 2.38. The molecule has 1 heterocycles. The number of carbonyl (C=O) groups is 1. The molecule has 21 heavy (non-hydrogen) atoms. The van der Waals surface area contributed by atoms with Crippen LogP contribution < -0.4 is 19.9 Å². The van der Waals surface area contributed by atoms with Crippen molar-refractivity contribution in [1.29, 1.82) is 0 Å². The Morgan fingerprint density at radius 1 is 1.24 bits per heavy atom. The van der Waals surface area contributed by atoms with Crippen molar-refractivity contribution >= 4 is 5.91 Å². The smallest absolute Gasteiger partial charge is 0.254 e. The van der Waals surface area contributed by atoms with Gasteiger partial charge in [0.05, 0.1) is 21.3 Å². The van der Waals surface area contributed by atoms with Gasteiger partial charge in [-0.1, -0.05) is 0 Å². The SMILES string of the molecule is COc1cc(C(=O)N2CCCC2CN)cc(OC)c1OC. The first-order chi connectivity index (χ1) is 10.2. The van der Waals surface area contributed by atoms with Crippen molar-refractivity contribution in [3.63, 3.8) is 0 Å². The Bertz CT molecular complexity index is 493. The zero-order chi connectivity index (χ0) is 15.4. The first-order valence-corrected chi connectivity index (χ1v) is 6.97. The number of ether oxygens (including phenoxy) is 3. The van der Waals surface area contributed by atoms with Crippen LogP contribution in [-0.2, 0) is 0 Å². The van der Waals surface area contributed by atoms with Gasteiger partial charge in [0.1, 0.15) is 0 Å². The van der Waals surface area contributed by atoms with Crippen LogP contribution in [0, 0.1) is 0 Å². The van der Waals surface area contributed by atoms with Crippen molar-refractivity contribution in [1.82, 2.24) is 4.90 Å². The van der Waals surface area contributed by atoms with Crippen LogP contribution in [0.25, 0.3) is 0 Å². The number of carbonyl (C=O) groups excluding carboxylic acids is 1. The fraction of sp³-hybridized carbons (Fsp3) is 0.533. The molecule has 1 atom stereocenters. The molecule has 1 amide bonds. The average molecular weight is 294 g/mol. The van der Waals surface area contributed by atoms with Crippen molar-refractivity contribution in [3.05, 3.63) is 17.7 Å². The minimum Gasteiger partial charge on any atom is -0.493 e. The maximum absolute atomic E-state index is 12.7. The molecule has 1 saturated heterocycles. The summed E-state index contributed by atoms with van der Waals surface area (Å²) in [6, 6.07) is 3.46. The van der Waals surface area contributed by atoms with E-state index in [-0.39, 0.29) is 11.9 Å². The van der Waals surface area contributed by atoms with E-state index in [1.165, 1.54) is 21.3 Å². The number of hydrogen-bond acceptors (Lipinski definition) is 5. The summed E-state index contributed by atoms with van der Waals surface area (Å²) in [5.74, 6) is 1.38. The Labute approximate surface area is 124 Å². The molecular formula is C15H22N2O4. The summed E-state index contributed by atoms with van der Waals surface area (Å²) < 4.78 is 15.8. The molecule has 0 saturated carbocycles. The molecule has 0 bridgehead atoms. The molecule has 116 valence electrons. The summed E-state index contributed by atoms with van der Waals surface area (Å²) in [6.45, 7) is 1.22. The number of benzene rings is 1. The first kappa shape index (κ1) is 15.4. The molecule has 1 aromatic rings. The summed E-state index contributed by atoms with van der Waals surface area (Å²) in [7, 11) is 4.60. The minimum absolute atomic E-state index is 0.0535. The van der Waals surface area contributed by atoms with Crippen molar-refractivity contribution in [2.75, 3.05) is 34.4 Å². The van der Waals surface area contributed by atoms with E-state index in [2.05, 4.69) is 0 Å². The number of rotatable bonds is 5. The van der Waals surface area contributed by atoms with Crippen LogP contribution >= 0.6 is 0 Å². The molecule has 1 unspecified atom stereocenters. The molecule has 1 fully saturated rings. The summed E-state index contributed by atoms with van der Waals surface area (Å²) in [6.07, 6.45) is 1.94. The first-order valence-electron chi connectivity index (χ1n) is 6.97. The van der Waals surface area contributed by atoms with Gasteiger partial charge in [0, 0.05) is 24.7 Å². The fourth-order valence-electron chi connectivity index (χ4n) is 2.72. The van der Waals surface area contributed by atoms with Gasteiger partial charge in [0.15, 0.2) is 11.5 Å². The molecule has 2 N–H and O–H groups in total. The molecule has 6 heteroatoms. The van der Waals surface area contributed by atoms with E-state index in [4.69, 9.17) is 19.9 Å². The zero-order valence-electron chi connectivity index (χ0n) is 12.7. The standard InChI is InChI=1S/C15H22N2O4/c1-19-12-7-10(8-13(20-2)14(12)21-3)15(18)17-6-4-5-11(17)9-16/h7-8,11H,4-6,9,16H2,1-3H3. The lowest BCUT2D eigenvalue weighted by Gasteiger charge is -2.24. The van der Waals surface area contributed by atoms with Gasteiger partial charge >= 0.3 is 0 Å². The van der Waals surface area contributed by atoms with Gasteiger partial charge in [-0.15, -0.1) is 0 Å². The fourth-order valence-corrected chi connectivity index (χ4v) is 2.72. The number of methoxy groups -OCH3 is 3. The van der Waals surface area contributed by atoms with Gasteiger partial charge in [-0.2, -0.15) is 0 Å². The summed E-state index contributed by atoms with van der Waals surface area (Å²) >= 11 is 0. The molecule has 0 aromatic heterocycles. The third-order valence-corrected chi connectivity index (χ3v) is 3.82. The molecule has 0 spiro atoms. The van der Waals surface area contributed by atoms with E-state index in [0.29, 0.717) is 29.4 Å². The lowest BCUT2D eigenvalue weighted by Crippen LogP contribution is -2.39.